The third-order valence-electron chi connectivity index (χ3n) is 4.85. The third-order valence-corrected chi connectivity index (χ3v) is 4.85. The summed E-state index contributed by atoms with van der Waals surface area (Å²) in [6.45, 7) is 5.57. The van der Waals surface area contributed by atoms with Crippen molar-refractivity contribution in [3.05, 3.63) is 42.0 Å². The molecule has 3 atom stereocenters. The summed E-state index contributed by atoms with van der Waals surface area (Å²) in [7, 11) is 0. The number of hydrogen-bond acceptors (Lipinski definition) is 3. The first-order valence-corrected chi connectivity index (χ1v) is 8.76. The number of amides is 2. The molecule has 5 heteroatoms. The summed E-state index contributed by atoms with van der Waals surface area (Å²) in [6, 6.07) is 6.82. The van der Waals surface area contributed by atoms with E-state index in [-0.39, 0.29) is 11.8 Å². The van der Waals surface area contributed by atoms with E-state index in [0.717, 1.165) is 6.42 Å². The number of hydrazone groups is 1. The molecule has 2 N–H and O–H groups in total. The van der Waals surface area contributed by atoms with Crippen LogP contribution < -0.4 is 10.7 Å². The number of carbonyl (C=O) groups is 2. The van der Waals surface area contributed by atoms with Gasteiger partial charge in [0.15, 0.2) is 0 Å². The second-order valence-corrected chi connectivity index (χ2v) is 7.94. The van der Waals surface area contributed by atoms with Gasteiger partial charge in [-0.2, -0.15) is 5.10 Å². The van der Waals surface area contributed by atoms with Crippen LogP contribution in [0, 0.1) is 23.2 Å². The molecule has 2 aliphatic rings. The minimum absolute atomic E-state index is 0.0609. The molecule has 2 aliphatic carbocycles. The number of hydrogen-bond donors (Lipinski definition) is 2. The van der Waals surface area contributed by atoms with Gasteiger partial charge in [-0.15, -0.1) is 0 Å². The van der Waals surface area contributed by atoms with Gasteiger partial charge in [0, 0.05) is 28.8 Å². The maximum Gasteiger partial charge on any atom is 0.271 e. The first kappa shape index (κ1) is 17.4. The highest BCUT2D eigenvalue weighted by Crippen LogP contribution is 2.42. The van der Waals surface area contributed by atoms with Crippen molar-refractivity contribution in [3.63, 3.8) is 0 Å². The molecule has 0 heterocycles. The molecule has 3 rings (SSSR count). The van der Waals surface area contributed by atoms with Crippen molar-refractivity contribution in [2.75, 3.05) is 5.32 Å². The summed E-state index contributed by atoms with van der Waals surface area (Å²) >= 11 is 0. The van der Waals surface area contributed by atoms with E-state index in [9.17, 15) is 9.59 Å². The van der Waals surface area contributed by atoms with Gasteiger partial charge in [0.25, 0.3) is 5.91 Å². The van der Waals surface area contributed by atoms with E-state index < -0.39 is 5.41 Å². The maximum absolute atomic E-state index is 12.1. The van der Waals surface area contributed by atoms with Gasteiger partial charge in [0.05, 0.1) is 0 Å². The Morgan fingerprint density at radius 3 is 2.40 bits per heavy atom. The van der Waals surface area contributed by atoms with Crippen molar-refractivity contribution in [1.29, 1.82) is 0 Å². The molecule has 1 aromatic carbocycles. The van der Waals surface area contributed by atoms with Crippen LogP contribution in [0.3, 0.4) is 0 Å². The molecule has 25 heavy (non-hydrogen) atoms. The van der Waals surface area contributed by atoms with Crippen LogP contribution in [0.1, 0.15) is 44.0 Å². The molecule has 0 saturated heterocycles. The first-order chi connectivity index (χ1) is 11.8. The highest BCUT2D eigenvalue weighted by molar-refractivity contribution is 5.97. The molecular weight excluding hydrogens is 314 g/mol. The predicted octanol–water partition coefficient (Wildman–Crippen LogP) is 3.60. The number of rotatable bonds is 4. The standard InChI is InChI=1S/C20H25N3O2/c1-20(2,3)19(25)22-17-8-6-14(7-9-17)18(24)23-21-12-16-11-13-4-5-15(16)10-13/h4-9,12-13,15-16H,10-11H2,1-3H3,(H,22,25)(H,23,24)/b21-12-/t13-,15+,16-/m1/s1. The predicted molar refractivity (Wildman–Crippen MR) is 99.3 cm³/mol. The molecule has 0 aromatic heterocycles. The number of fused-ring (bicyclic) bond motifs is 2. The molecule has 1 fully saturated rings. The average Bonchev–Trinajstić information content (AvgIpc) is 3.17. The summed E-state index contributed by atoms with van der Waals surface area (Å²) < 4.78 is 0. The lowest BCUT2D eigenvalue weighted by molar-refractivity contribution is -0.123. The van der Waals surface area contributed by atoms with Crippen molar-refractivity contribution < 1.29 is 9.59 Å². The maximum atomic E-state index is 12.1. The molecule has 1 saturated carbocycles. The Balaban J connectivity index is 1.52. The van der Waals surface area contributed by atoms with Crippen LogP contribution in [0.15, 0.2) is 41.5 Å². The molecule has 1 aromatic rings. The van der Waals surface area contributed by atoms with Gasteiger partial charge in [-0.25, -0.2) is 5.43 Å². The number of anilines is 1. The summed E-state index contributed by atoms with van der Waals surface area (Å²) in [5.41, 5.74) is 3.32. The van der Waals surface area contributed by atoms with Crippen LogP contribution in [0.25, 0.3) is 0 Å². The van der Waals surface area contributed by atoms with Crippen LogP contribution in [0.4, 0.5) is 5.69 Å². The van der Waals surface area contributed by atoms with Crippen LogP contribution >= 0.6 is 0 Å². The van der Waals surface area contributed by atoms with Crippen molar-refractivity contribution in [1.82, 2.24) is 5.43 Å². The quantitative estimate of drug-likeness (QED) is 0.500. The summed E-state index contributed by atoms with van der Waals surface area (Å²) in [4.78, 5) is 24.1. The Labute approximate surface area is 148 Å². The Morgan fingerprint density at radius 1 is 1.12 bits per heavy atom. The van der Waals surface area contributed by atoms with E-state index in [1.165, 1.54) is 6.42 Å². The normalized spacial score (nSPS) is 24.7. The number of benzene rings is 1. The largest absolute Gasteiger partial charge is 0.326 e. The summed E-state index contributed by atoms with van der Waals surface area (Å²) in [6.07, 6.45) is 8.75. The lowest BCUT2D eigenvalue weighted by atomic mass is 9.95. The molecular formula is C20H25N3O2. The average molecular weight is 339 g/mol. The van der Waals surface area contributed by atoms with Gasteiger partial charge in [-0.05, 0) is 48.9 Å². The second kappa shape index (κ2) is 6.82. The number of nitrogens with zero attached hydrogens (tertiary/aromatic N) is 1. The monoisotopic (exact) mass is 339 g/mol. The number of allylic oxidation sites excluding steroid dienone is 2. The molecule has 2 amide bonds. The summed E-state index contributed by atoms with van der Waals surface area (Å²) in [5, 5.41) is 6.96. The van der Waals surface area contributed by atoms with E-state index in [2.05, 4.69) is 28.0 Å². The number of nitrogens with one attached hydrogen (secondary N) is 2. The molecule has 2 bridgehead atoms. The second-order valence-electron chi connectivity index (χ2n) is 7.94. The van der Waals surface area contributed by atoms with Crippen molar-refractivity contribution in [2.45, 2.75) is 33.6 Å². The van der Waals surface area contributed by atoms with E-state index >= 15 is 0 Å². The fraction of sp³-hybridized carbons (Fsp3) is 0.450. The fourth-order valence-electron chi connectivity index (χ4n) is 3.27. The van der Waals surface area contributed by atoms with Crippen LogP contribution in [0.5, 0.6) is 0 Å². The molecule has 132 valence electrons. The topological polar surface area (TPSA) is 70.6 Å². The highest BCUT2D eigenvalue weighted by atomic mass is 16.2. The smallest absolute Gasteiger partial charge is 0.271 e. The SMILES string of the molecule is CC(C)(C)C(=O)Nc1ccc(C(=O)N/N=C\[C@H]2C[C@@H]3C=C[C@H]2C3)cc1. The Hall–Kier alpha value is -2.43. The van der Waals surface area contributed by atoms with Crippen LogP contribution in [-0.4, -0.2) is 18.0 Å². The van der Waals surface area contributed by atoms with Gasteiger partial charge in [0.1, 0.15) is 0 Å². The van der Waals surface area contributed by atoms with E-state index in [1.807, 2.05) is 27.0 Å². The minimum atomic E-state index is -0.459. The van der Waals surface area contributed by atoms with E-state index in [0.29, 0.717) is 29.0 Å². The molecule has 0 unspecified atom stereocenters. The molecule has 0 radical (unpaired) electrons. The zero-order valence-corrected chi connectivity index (χ0v) is 15.0. The van der Waals surface area contributed by atoms with Gasteiger partial charge < -0.3 is 5.32 Å². The van der Waals surface area contributed by atoms with Crippen molar-refractivity contribution in [3.8, 4) is 0 Å². The zero-order chi connectivity index (χ0) is 18.0. The van der Waals surface area contributed by atoms with Gasteiger partial charge in [0.2, 0.25) is 5.91 Å². The Bertz CT molecular complexity index is 713. The fourth-order valence-corrected chi connectivity index (χ4v) is 3.27. The van der Waals surface area contributed by atoms with Gasteiger partial charge in [-0.1, -0.05) is 32.9 Å². The highest BCUT2D eigenvalue weighted by Gasteiger charge is 2.34. The molecule has 0 aliphatic heterocycles. The van der Waals surface area contributed by atoms with Gasteiger partial charge in [-0.3, -0.25) is 9.59 Å². The Kier molecular flexibility index (Phi) is 4.75. The van der Waals surface area contributed by atoms with Crippen molar-refractivity contribution in [2.24, 2.45) is 28.3 Å². The third kappa shape index (κ3) is 4.16. The molecule has 5 nitrogen and oxygen atoms in total. The lowest BCUT2D eigenvalue weighted by Crippen LogP contribution is -2.27. The van der Waals surface area contributed by atoms with E-state index in [1.54, 1.807) is 24.3 Å². The van der Waals surface area contributed by atoms with Gasteiger partial charge >= 0.3 is 0 Å². The van der Waals surface area contributed by atoms with Crippen LogP contribution in [0.2, 0.25) is 0 Å². The van der Waals surface area contributed by atoms with Crippen molar-refractivity contribution >= 4 is 23.7 Å². The lowest BCUT2D eigenvalue weighted by Gasteiger charge is -2.17. The summed E-state index contributed by atoms with van der Waals surface area (Å²) in [5.74, 6) is 1.40. The first-order valence-electron chi connectivity index (χ1n) is 8.76. The zero-order valence-electron chi connectivity index (χ0n) is 15.0. The van der Waals surface area contributed by atoms with E-state index in [4.69, 9.17) is 0 Å². The molecule has 0 spiro atoms. The number of carbonyl (C=O) groups excluding carboxylic acids is 2. The Morgan fingerprint density at radius 2 is 1.84 bits per heavy atom. The minimum Gasteiger partial charge on any atom is -0.326 e. The van der Waals surface area contributed by atoms with Crippen LogP contribution in [-0.2, 0) is 4.79 Å².